The van der Waals surface area contributed by atoms with E-state index in [0.29, 0.717) is 0 Å². The standard InChI is InChI=1S/C63H45N3O/c1-39-45(48-27-16-31-57-61(48)50-25-10-13-30-56(50)65(57)43-21-3-2-4-22-43)33-34-54(64-63(39)49-28-15-20-40-17-7-8-23-46(40)49)53-37-44(38-60-62(53)51-26-11-14-32-59(51)67-60)66-55-29-12-9-24-47(55)52-35-41-18-5-6-19-42(41)36-58(52)66/h2-32,35-39,45,54H,33-34H2,1H3/t39-,45?,54?/m0/s1. The molecule has 0 amide bonds. The number of aliphatic imine (C=N–C) groups is 1. The van der Waals surface area contributed by atoms with Gasteiger partial charge in [-0.3, -0.25) is 4.99 Å². The summed E-state index contributed by atoms with van der Waals surface area (Å²) in [4.78, 5) is 6.10. The number of rotatable bonds is 5. The summed E-state index contributed by atoms with van der Waals surface area (Å²) in [5.74, 6) is 0.289. The highest BCUT2D eigenvalue weighted by Crippen LogP contribution is 2.48. The van der Waals surface area contributed by atoms with Gasteiger partial charge < -0.3 is 13.6 Å². The molecule has 4 nitrogen and oxygen atoms in total. The van der Waals surface area contributed by atoms with Crippen LogP contribution in [0.3, 0.4) is 0 Å². The second-order valence-electron chi connectivity index (χ2n) is 18.5. The van der Waals surface area contributed by atoms with Gasteiger partial charge in [-0.15, -0.1) is 0 Å². The fraction of sp³-hybridized carbons (Fsp3) is 0.0952. The van der Waals surface area contributed by atoms with Crippen molar-refractivity contribution in [2.45, 2.75) is 31.7 Å². The second kappa shape index (κ2) is 14.9. The van der Waals surface area contributed by atoms with Gasteiger partial charge in [0.05, 0.1) is 33.8 Å². The van der Waals surface area contributed by atoms with Crippen LogP contribution < -0.4 is 0 Å². The van der Waals surface area contributed by atoms with E-state index in [1.807, 2.05) is 0 Å². The molecule has 1 aliphatic rings. The lowest BCUT2D eigenvalue weighted by molar-refractivity contribution is 0.511. The Labute approximate surface area is 387 Å². The van der Waals surface area contributed by atoms with E-state index in [4.69, 9.17) is 9.41 Å². The van der Waals surface area contributed by atoms with Crippen LogP contribution >= 0.6 is 0 Å². The first-order chi connectivity index (χ1) is 33.2. The highest BCUT2D eigenvalue weighted by molar-refractivity contribution is 6.16. The molecular weight excluding hydrogens is 815 g/mol. The molecule has 3 aromatic heterocycles. The van der Waals surface area contributed by atoms with Crippen molar-refractivity contribution in [1.82, 2.24) is 9.13 Å². The molecule has 0 saturated heterocycles. The maximum Gasteiger partial charge on any atom is 0.137 e. The van der Waals surface area contributed by atoms with Crippen molar-refractivity contribution in [1.29, 1.82) is 0 Å². The summed E-state index contributed by atoms with van der Waals surface area (Å²) in [6.45, 7) is 2.44. The number of hydrogen-bond donors (Lipinski definition) is 0. The van der Waals surface area contributed by atoms with Crippen molar-refractivity contribution in [3.63, 3.8) is 0 Å². The van der Waals surface area contributed by atoms with E-state index in [2.05, 4.69) is 228 Å². The largest absolute Gasteiger partial charge is 0.456 e. The Hall–Kier alpha value is -8.21. The van der Waals surface area contributed by atoms with Gasteiger partial charge in [0.25, 0.3) is 0 Å². The predicted octanol–water partition coefficient (Wildman–Crippen LogP) is 16.8. The quantitative estimate of drug-likeness (QED) is 0.170. The van der Waals surface area contributed by atoms with Gasteiger partial charge >= 0.3 is 0 Å². The van der Waals surface area contributed by atoms with Crippen LogP contribution in [0.15, 0.2) is 222 Å². The van der Waals surface area contributed by atoms with Gasteiger partial charge in [0.15, 0.2) is 0 Å². The Morgan fingerprint density at radius 1 is 0.418 bits per heavy atom. The fourth-order valence-corrected chi connectivity index (χ4v) is 11.9. The molecule has 4 heterocycles. The second-order valence-corrected chi connectivity index (χ2v) is 18.5. The Balaban J connectivity index is 1.02. The van der Waals surface area contributed by atoms with Crippen molar-refractivity contribution < 1.29 is 4.42 Å². The molecular formula is C63H45N3O. The number of fused-ring (bicyclic) bond motifs is 11. The van der Waals surface area contributed by atoms with Crippen LogP contribution in [0.25, 0.3) is 98.5 Å². The number of para-hydroxylation sites is 4. The zero-order valence-electron chi connectivity index (χ0n) is 37.1. The van der Waals surface area contributed by atoms with Gasteiger partial charge in [0.1, 0.15) is 11.2 Å². The maximum atomic E-state index is 6.89. The molecule has 318 valence electrons. The summed E-state index contributed by atoms with van der Waals surface area (Å²) < 4.78 is 11.8. The summed E-state index contributed by atoms with van der Waals surface area (Å²) in [6.07, 6.45) is 1.82. The molecule has 10 aromatic carbocycles. The monoisotopic (exact) mass is 859 g/mol. The molecule has 67 heavy (non-hydrogen) atoms. The first-order valence-electron chi connectivity index (χ1n) is 23.7. The summed E-state index contributed by atoms with van der Waals surface area (Å²) in [5.41, 5.74) is 13.8. The molecule has 0 fully saturated rings. The normalized spacial score (nSPS) is 16.9. The summed E-state index contributed by atoms with van der Waals surface area (Å²) in [7, 11) is 0. The molecule has 4 heteroatoms. The van der Waals surface area contributed by atoms with E-state index >= 15 is 0 Å². The topological polar surface area (TPSA) is 35.4 Å². The maximum absolute atomic E-state index is 6.89. The molecule has 13 aromatic rings. The van der Waals surface area contributed by atoms with Gasteiger partial charge in [-0.05, 0) is 106 Å². The predicted molar refractivity (Wildman–Crippen MR) is 281 cm³/mol. The smallest absolute Gasteiger partial charge is 0.137 e. The van der Waals surface area contributed by atoms with Crippen LogP contribution in [0.4, 0.5) is 0 Å². The van der Waals surface area contributed by atoms with Crippen molar-refractivity contribution in [3.05, 3.63) is 229 Å². The van der Waals surface area contributed by atoms with Crippen LogP contribution in [-0.2, 0) is 0 Å². The first kappa shape index (κ1) is 38.1. The van der Waals surface area contributed by atoms with Crippen molar-refractivity contribution in [2.75, 3.05) is 0 Å². The Kier molecular flexibility index (Phi) is 8.48. The van der Waals surface area contributed by atoms with Gasteiger partial charge in [0, 0.05) is 61.3 Å². The van der Waals surface area contributed by atoms with Crippen LogP contribution in [0.2, 0.25) is 0 Å². The average Bonchev–Trinajstić information content (AvgIpc) is 4.00. The molecule has 3 atom stereocenters. The van der Waals surface area contributed by atoms with Crippen LogP contribution in [0.5, 0.6) is 0 Å². The molecule has 0 aliphatic carbocycles. The lowest BCUT2D eigenvalue weighted by atomic mass is 9.77. The van der Waals surface area contributed by atoms with Crippen molar-refractivity contribution in [2.24, 2.45) is 10.9 Å². The Morgan fingerprint density at radius 2 is 1.04 bits per heavy atom. The van der Waals surface area contributed by atoms with E-state index in [-0.39, 0.29) is 17.9 Å². The highest BCUT2D eigenvalue weighted by Gasteiger charge is 2.34. The number of aromatic nitrogens is 2. The van der Waals surface area contributed by atoms with Crippen molar-refractivity contribution in [3.8, 4) is 11.4 Å². The zero-order valence-corrected chi connectivity index (χ0v) is 37.1. The minimum absolute atomic E-state index is 0.102. The number of benzene rings is 10. The average molecular weight is 860 g/mol. The highest BCUT2D eigenvalue weighted by atomic mass is 16.3. The SMILES string of the molecule is C[C@@H]1C(c2cccc3ccccc23)=NC(c2cc(-n3c4ccccc4c4cc5ccccc5cc43)cc3oc4ccccc4c23)CCC1c1cccc2c1c1ccccc1n2-c1ccccc1. The third-order valence-electron chi connectivity index (χ3n) is 14.9. The van der Waals surface area contributed by atoms with E-state index in [1.54, 1.807) is 0 Å². The van der Waals surface area contributed by atoms with Crippen LogP contribution in [0, 0.1) is 5.92 Å². The Bertz CT molecular complexity index is 4140. The third kappa shape index (κ3) is 5.82. The van der Waals surface area contributed by atoms with E-state index in [9.17, 15) is 0 Å². The molecule has 1 aliphatic heterocycles. The lowest BCUT2D eigenvalue weighted by Gasteiger charge is -2.25. The van der Waals surface area contributed by atoms with E-state index < -0.39 is 0 Å². The fourth-order valence-electron chi connectivity index (χ4n) is 11.9. The number of furan rings is 1. The van der Waals surface area contributed by atoms with Crippen molar-refractivity contribution >= 4 is 92.8 Å². The van der Waals surface area contributed by atoms with Gasteiger partial charge in [-0.1, -0.05) is 159 Å². The number of nitrogens with zero attached hydrogens (tertiary/aromatic N) is 3. The summed E-state index contributed by atoms with van der Waals surface area (Å²) in [6, 6.07) is 77.6. The van der Waals surface area contributed by atoms with E-state index in [0.717, 1.165) is 46.2 Å². The van der Waals surface area contributed by atoms with E-state index in [1.165, 1.54) is 87.5 Å². The minimum atomic E-state index is -0.149. The third-order valence-corrected chi connectivity index (χ3v) is 14.9. The molecule has 0 N–H and O–H groups in total. The van der Waals surface area contributed by atoms with Crippen LogP contribution in [-0.4, -0.2) is 14.8 Å². The molecule has 0 spiro atoms. The van der Waals surface area contributed by atoms with Crippen LogP contribution in [0.1, 0.15) is 48.4 Å². The zero-order chi connectivity index (χ0) is 44.2. The lowest BCUT2D eigenvalue weighted by Crippen LogP contribution is -2.20. The molecule has 0 bridgehead atoms. The summed E-state index contributed by atoms with van der Waals surface area (Å²) in [5, 5.41) is 12.3. The molecule has 14 rings (SSSR count). The molecule has 0 radical (unpaired) electrons. The van der Waals surface area contributed by atoms with Gasteiger partial charge in [-0.2, -0.15) is 0 Å². The van der Waals surface area contributed by atoms with Gasteiger partial charge in [0.2, 0.25) is 0 Å². The summed E-state index contributed by atoms with van der Waals surface area (Å²) >= 11 is 0. The molecule has 2 unspecified atom stereocenters. The Morgan fingerprint density at radius 3 is 1.88 bits per heavy atom. The first-order valence-corrected chi connectivity index (χ1v) is 23.7. The van der Waals surface area contributed by atoms with Gasteiger partial charge in [-0.25, -0.2) is 0 Å². The minimum Gasteiger partial charge on any atom is -0.456 e. The number of hydrogen-bond acceptors (Lipinski definition) is 2. The molecule has 0 saturated carbocycles.